The first kappa shape index (κ1) is 46.2. The van der Waals surface area contributed by atoms with E-state index in [9.17, 15) is 0 Å². The van der Waals surface area contributed by atoms with Gasteiger partial charge in [-0.15, -0.1) is 0 Å². The molecule has 0 aromatic carbocycles. The summed E-state index contributed by atoms with van der Waals surface area (Å²) in [6, 6.07) is 0. The van der Waals surface area contributed by atoms with Gasteiger partial charge >= 0.3 is 25.7 Å². The summed E-state index contributed by atoms with van der Waals surface area (Å²) in [5, 5.41) is 0. The van der Waals surface area contributed by atoms with Crippen LogP contribution in [0.3, 0.4) is 0 Å². The van der Waals surface area contributed by atoms with Crippen molar-refractivity contribution in [1.82, 2.24) is 0 Å². The van der Waals surface area contributed by atoms with Gasteiger partial charge in [0.05, 0.1) is 0 Å². The molecule has 0 amide bonds. The van der Waals surface area contributed by atoms with Gasteiger partial charge in [-0.2, -0.15) is 0 Å². The second-order valence-corrected chi connectivity index (χ2v) is 28.9. The summed E-state index contributed by atoms with van der Waals surface area (Å²) in [4.78, 5) is 0. The minimum Gasteiger partial charge on any atom is -0.437 e. The van der Waals surface area contributed by atoms with Gasteiger partial charge in [0.25, 0.3) is 0 Å². The Labute approximate surface area is 181 Å². The van der Waals surface area contributed by atoms with Crippen molar-refractivity contribution in [3.05, 3.63) is 0 Å². The van der Waals surface area contributed by atoms with Gasteiger partial charge in [-0.3, -0.25) is 0 Å². The zero-order valence-electron chi connectivity index (χ0n) is 16.1. The first-order chi connectivity index (χ1) is 8.83. The van der Waals surface area contributed by atoms with Crippen LogP contribution in [0.15, 0.2) is 0 Å². The molecule has 0 N–H and O–H groups in total. The van der Waals surface area contributed by atoms with Crippen molar-refractivity contribution >= 4 is 42.3 Å². The quantitative estimate of drug-likeness (QED) is 0.325. The Balaban J connectivity index is -0.000000133. The van der Waals surface area contributed by atoms with Gasteiger partial charge in [-0.25, -0.2) is 0 Å². The number of hydrogen-bond donors (Lipinski definition) is 0. The van der Waals surface area contributed by atoms with Crippen LogP contribution < -0.4 is 0 Å². The molecule has 0 atom stereocenters. The highest BCUT2D eigenvalue weighted by molar-refractivity contribution is 6.90. The Bertz CT molecular complexity index is 317. The van der Waals surface area contributed by atoms with E-state index in [1.165, 1.54) is 0 Å². The molecule has 27 heavy (non-hydrogen) atoms. The summed E-state index contributed by atoms with van der Waals surface area (Å²) in [6.07, 6.45) is 0. The molecule has 0 saturated heterocycles. The van der Waals surface area contributed by atoms with E-state index in [0.29, 0.717) is 0 Å². The third kappa shape index (κ3) is 26.9. The highest BCUT2D eigenvalue weighted by Crippen LogP contribution is 2.25. The monoisotopic (exact) mass is 480 g/mol. The summed E-state index contributed by atoms with van der Waals surface area (Å²) in [5.41, 5.74) is 0. The molecule has 0 heterocycles. The van der Waals surface area contributed by atoms with Crippen molar-refractivity contribution < 1.29 is 16.5 Å². The van der Waals surface area contributed by atoms with E-state index in [1.807, 2.05) is 0 Å². The second-order valence-electron chi connectivity index (χ2n) is 8.83. The molecule has 0 radical (unpaired) electrons. The predicted molar refractivity (Wildman–Crippen MR) is 144 cm³/mol. The van der Waals surface area contributed by atoms with Crippen LogP contribution in [0.4, 0.5) is 0 Å². The molecule has 0 aliphatic carbocycles. The van der Waals surface area contributed by atoms with Crippen LogP contribution in [-0.2, 0) is 16.5 Å². The van der Waals surface area contributed by atoms with Crippen LogP contribution in [0.1, 0.15) is 44.6 Å². The van der Waals surface area contributed by atoms with Crippen LogP contribution in [0.2, 0.25) is 78.6 Å². The lowest BCUT2D eigenvalue weighted by Gasteiger charge is -2.41. The Morgan fingerprint density at radius 1 is 0.296 bits per heavy atom. The summed E-state index contributed by atoms with van der Waals surface area (Å²) in [7, 11) is -9.77. The third-order valence-corrected chi connectivity index (χ3v) is 18.8. The van der Waals surface area contributed by atoms with Gasteiger partial charge < -0.3 is 16.5 Å². The van der Waals surface area contributed by atoms with Crippen molar-refractivity contribution in [2.45, 2.75) is 123 Å². The fourth-order valence-electron chi connectivity index (χ4n) is 2.72. The average molecular weight is 481 g/mol. The smallest absolute Gasteiger partial charge is 0.314 e. The van der Waals surface area contributed by atoms with E-state index in [2.05, 4.69) is 78.6 Å². The van der Waals surface area contributed by atoms with Crippen LogP contribution in [0, 0.1) is 0 Å². The van der Waals surface area contributed by atoms with Gasteiger partial charge in [0.2, 0.25) is 0 Å². The maximum atomic E-state index is 6.39. The lowest BCUT2D eigenvalue weighted by molar-refractivity contribution is 0.300. The average Bonchev–Trinajstić information content (AvgIpc) is 1.83. The summed E-state index contributed by atoms with van der Waals surface area (Å²) < 4.78 is 25.3. The first-order valence-corrected chi connectivity index (χ1v) is 22.9. The molecule has 176 valence electrons. The van der Waals surface area contributed by atoms with Crippen LogP contribution in [0.5, 0.6) is 0 Å². The molecule has 4 nitrogen and oxygen atoms in total. The molecule has 0 bridgehead atoms. The maximum Gasteiger partial charge on any atom is 0.314 e. The normalized spacial score (nSPS) is 12.0. The lowest BCUT2D eigenvalue weighted by Crippen LogP contribution is -2.58. The molecule has 0 rings (SSSR count). The second kappa shape index (κ2) is 14.8. The molecule has 0 aliphatic heterocycles. The molecule has 0 saturated carbocycles. The van der Waals surface area contributed by atoms with Gasteiger partial charge in [0, 0.05) is 0 Å². The summed E-state index contributed by atoms with van der Waals surface area (Å²) in [6.45, 7) is 25.9. The van der Waals surface area contributed by atoms with E-state index < -0.39 is 42.3 Å². The number of rotatable bonds is 8. The lowest BCUT2D eigenvalue weighted by atomic mass is 11.8. The Kier molecular flexibility index (Phi) is 25.4. The van der Waals surface area contributed by atoms with E-state index in [-0.39, 0.29) is 44.6 Å². The molecular formula is C18H60O4Si5. The van der Waals surface area contributed by atoms with Crippen LogP contribution in [0.25, 0.3) is 0 Å². The van der Waals surface area contributed by atoms with E-state index >= 15 is 0 Å². The van der Waals surface area contributed by atoms with Crippen molar-refractivity contribution in [2.75, 3.05) is 0 Å². The molecule has 9 heteroatoms. The fourth-order valence-corrected chi connectivity index (χ4v) is 25.6. The highest BCUT2D eigenvalue weighted by Gasteiger charge is 2.44. The molecular weight excluding hydrogens is 421 g/mol. The first-order valence-electron chi connectivity index (χ1n) is 7.63. The standard InChI is InChI=1S/C12H36O4Si5.6CH4/c1-17(2,3)13-19(7,8)15-21(11,12)16-20(9,10)14-18(4,5)6;;;;;;/h1-12H3;6*1H4. The molecule has 0 unspecified atom stereocenters. The minimum absolute atomic E-state index is 0. The Morgan fingerprint density at radius 3 is 0.593 bits per heavy atom. The van der Waals surface area contributed by atoms with Crippen molar-refractivity contribution in [3.63, 3.8) is 0 Å². The van der Waals surface area contributed by atoms with Crippen molar-refractivity contribution in [1.29, 1.82) is 0 Å². The molecule has 0 aliphatic rings. The summed E-state index contributed by atoms with van der Waals surface area (Å²) in [5.74, 6) is 0. The van der Waals surface area contributed by atoms with Crippen molar-refractivity contribution in [2.24, 2.45) is 0 Å². The maximum absolute atomic E-state index is 6.39. The Morgan fingerprint density at radius 2 is 0.444 bits per heavy atom. The topological polar surface area (TPSA) is 36.9 Å². The molecule has 0 spiro atoms. The predicted octanol–water partition coefficient (Wildman–Crippen LogP) is 8.64. The highest BCUT2D eigenvalue weighted by atomic mass is 28.5. The van der Waals surface area contributed by atoms with Gasteiger partial charge in [-0.05, 0) is 78.6 Å². The third-order valence-electron chi connectivity index (χ3n) is 2.09. The van der Waals surface area contributed by atoms with Gasteiger partial charge in [-0.1, -0.05) is 44.6 Å². The SMILES string of the molecule is C.C.C.C.C.C.C[Si](C)(C)O[Si](C)(C)O[Si](C)(C)O[Si](C)(C)O[Si](C)(C)C. The molecule has 0 fully saturated rings. The van der Waals surface area contributed by atoms with Gasteiger partial charge in [0.15, 0.2) is 16.6 Å². The van der Waals surface area contributed by atoms with E-state index in [0.717, 1.165) is 0 Å². The van der Waals surface area contributed by atoms with Gasteiger partial charge in [0.1, 0.15) is 0 Å². The zero-order valence-corrected chi connectivity index (χ0v) is 21.1. The van der Waals surface area contributed by atoms with Crippen LogP contribution in [-0.4, -0.2) is 42.3 Å². The fraction of sp³-hybridized carbons (Fsp3) is 1.00. The van der Waals surface area contributed by atoms with E-state index in [1.54, 1.807) is 0 Å². The zero-order chi connectivity index (χ0) is 17.3. The van der Waals surface area contributed by atoms with Crippen LogP contribution >= 0.6 is 0 Å². The Hall–Kier alpha value is 0.924. The van der Waals surface area contributed by atoms with Crippen molar-refractivity contribution in [3.8, 4) is 0 Å². The number of hydrogen-bond acceptors (Lipinski definition) is 4. The molecule has 0 aromatic rings. The largest absolute Gasteiger partial charge is 0.437 e. The molecule has 0 aromatic heterocycles. The minimum atomic E-state index is -2.26. The van der Waals surface area contributed by atoms with E-state index in [4.69, 9.17) is 16.5 Å². The summed E-state index contributed by atoms with van der Waals surface area (Å²) >= 11 is 0.